The van der Waals surface area contributed by atoms with E-state index >= 15 is 0 Å². The van der Waals surface area contributed by atoms with Crippen LogP contribution in [0.15, 0.2) is 48.5 Å². The number of rotatable bonds is 6. The van der Waals surface area contributed by atoms with Crippen LogP contribution in [0, 0.1) is 0 Å². The molecule has 0 N–H and O–H groups in total. The number of carbonyl (C=O) groups is 2. The number of ether oxygens (including phenoxy) is 2. The Morgan fingerprint density at radius 1 is 1.12 bits per heavy atom. The number of Topliss-reactive ketones (excluding diaryl/α,β-unsaturated/α-hetero) is 1. The molecule has 1 heterocycles. The molecule has 1 aromatic heterocycles. The predicted octanol–water partition coefficient (Wildman–Crippen LogP) is 3.62. The van der Waals surface area contributed by atoms with Crippen molar-refractivity contribution in [3.8, 4) is 5.75 Å². The lowest BCUT2D eigenvalue weighted by molar-refractivity contribution is -0.147. The molecule has 0 amide bonds. The van der Waals surface area contributed by atoms with Crippen molar-refractivity contribution < 1.29 is 19.1 Å². The summed E-state index contributed by atoms with van der Waals surface area (Å²) in [4.78, 5) is 27.5. The predicted molar refractivity (Wildman–Crippen MR) is 91.4 cm³/mol. The van der Waals surface area contributed by atoms with Gasteiger partial charge in [0.15, 0.2) is 12.4 Å². The Morgan fingerprint density at radius 2 is 1.96 bits per heavy atom. The van der Waals surface area contributed by atoms with E-state index in [1.165, 1.54) is 18.3 Å². The van der Waals surface area contributed by atoms with Gasteiger partial charge in [0, 0.05) is 5.56 Å². The molecule has 0 unspecified atom stereocenters. The highest BCUT2D eigenvalue weighted by atomic mass is 32.1. The van der Waals surface area contributed by atoms with Gasteiger partial charge in [0.1, 0.15) is 17.4 Å². The molecule has 3 aromatic rings. The van der Waals surface area contributed by atoms with E-state index in [-0.39, 0.29) is 19.0 Å². The van der Waals surface area contributed by atoms with Crippen LogP contribution in [-0.4, -0.2) is 23.3 Å². The Kier molecular flexibility index (Phi) is 4.86. The van der Waals surface area contributed by atoms with E-state index in [1.807, 2.05) is 24.3 Å². The topological polar surface area (TPSA) is 65.5 Å². The number of hydrogen-bond donors (Lipinski definition) is 0. The van der Waals surface area contributed by atoms with Gasteiger partial charge in [-0.1, -0.05) is 24.3 Å². The monoisotopic (exact) mass is 341 g/mol. The summed E-state index contributed by atoms with van der Waals surface area (Å²) in [5.41, 5.74) is 1.43. The Hall–Kier alpha value is -2.73. The zero-order valence-corrected chi connectivity index (χ0v) is 13.8. The second-order valence-electron chi connectivity index (χ2n) is 5.11. The van der Waals surface area contributed by atoms with Crippen molar-refractivity contribution in [1.29, 1.82) is 0 Å². The van der Waals surface area contributed by atoms with Gasteiger partial charge < -0.3 is 9.47 Å². The number of esters is 1. The van der Waals surface area contributed by atoms with Crippen molar-refractivity contribution in [1.82, 2.24) is 4.98 Å². The zero-order valence-electron chi connectivity index (χ0n) is 13.0. The van der Waals surface area contributed by atoms with Crippen molar-refractivity contribution in [2.45, 2.75) is 13.5 Å². The second-order valence-corrected chi connectivity index (χ2v) is 6.22. The SMILES string of the molecule is CC(=O)c1cccc(OCC(=O)OCc2nc3ccccc3s2)c1. The number of thiazole rings is 1. The summed E-state index contributed by atoms with van der Waals surface area (Å²) in [7, 11) is 0. The van der Waals surface area contributed by atoms with Gasteiger partial charge in [-0.25, -0.2) is 9.78 Å². The molecule has 0 aliphatic heterocycles. The van der Waals surface area contributed by atoms with Gasteiger partial charge in [0.05, 0.1) is 10.2 Å². The van der Waals surface area contributed by atoms with Gasteiger partial charge in [-0.3, -0.25) is 4.79 Å². The molecule has 2 aromatic carbocycles. The van der Waals surface area contributed by atoms with Crippen LogP contribution in [0.1, 0.15) is 22.3 Å². The molecule has 6 heteroatoms. The number of nitrogens with zero attached hydrogens (tertiary/aromatic N) is 1. The quantitative estimate of drug-likeness (QED) is 0.506. The van der Waals surface area contributed by atoms with E-state index in [1.54, 1.807) is 24.3 Å². The molecule has 24 heavy (non-hydrogen) atoms. The Bertz CT molecular complexity index is 854. The molecule has 0 atom stereocenters. The smallest absolute Gasteiger partial charge is 0.344 e. The number of ketones is 1. The summed E-state index contributed by atoms with van der Waals surface area (Å²) in [5, 5.41) is 0.739. The summed E-state index contributed by atoms with van der Waals surface area (Å²) in [6.07, 6.45) is 0. The van der Waals surface area contributed by atoms with Crippen LogP contribution in [0.2, 0.25) is 0 Å². The maximum atomic E-state index is 11.8. The normalized spacial score (nSPS) is 10.5. The first-order valence-electron chi connectivity index (χ1n) is 7.36. The number of para-hydroxylation sites is 1. The molecular formula is C18H15NO4S. The molecular weight excluding hydrogens is 326 g/mol. The van der Waals surface area contributed by atoms with Crippen molar-refractivity contribution in [2.24, 2.45) is 0 Å². The molecule has 0 bridgehead atoms. The Morgan fingerprint density at radius 3 is 2.75 bits per heavy atom. The molecule has 3 rings (SSSR count). The fourth-order valence-corrected chi connectivity index (χ4v) is 2.99. The standard InChI is InChI=1S/C18H15NO4S/c1-12(20)13-5-4-6-14(9-13)22-11-18(21)23-10-17-19-15-7-2-3-8-16(15)24-17/h2-9H,10-11H2,1H3. The van der Waals surface area contributed by atoms with Crippen LogP contribution in [-0.2, 0) is 16.1 Å². The lowest BCUT2D eigenvalue weighted by atomic mass is 10.1. The number of carbonyl (C=O) groups excluding carboxylic acids is 2. The van der Waals surface area contributed by atoms with Crippen LogP contribution >= 0.6 is 11.3 Å². The first-order valence-corrected chi connectivity index (χ1v) is 8.17. The largest absolute Gasteiger partial charge is 0.482 e. The summed E-state index contributed by atoms with van der Waals surface area (Å²) in [6, 6.07) is 14.4. The Labute approximate surface area is 142 Å². The van der Waals surface area contributed by atoms with Crippen LogP contribution in [0.5, 0.6) is 5.75 Å². The number of benzene rings is 2. The van der Waals surface area contributed by atoms with Gasteiger partial charge in [-0.15, -0.1) is 11.3 Å². The highest BCUT2D eigenvalue weighted by Gasteiger charge is 2.09. The maximum Gasteiger partial charge on any atom is 0.344 e. The molecule has 122 valence electrons. The third-order valence-corrected chi connectivity index (χ3v) is 4.30. The van der Waals surface area contributed by atoms with E-state index in [4.69, 9.17) is 9.47 Å². The lowest BCUT2D eigenvalue weighted by Crippen LogP contribution is -2.14. The minimum Gasteiger partial charge on any atom is -0.482 e. The highest BCUT2D eigenvalue weighted by molar-refractivity contribution is 7.18. The van der Waals surface area contributed by atoms with Crippen LogP contribution in [0.4, 0.5) is 0 Å². The third-order valence-electron chi connectivity index (χ3n) is 3.29. The van der Waals surface area contributed by atoms with Gasteiger partial charge in [0.25, 0.3) is 0 Å². The van der Waals surface area contributed by atoms with Gasteiger partial charge in [0.2, 0.25) is 0 Å². The number of fused-ring (bicyclic) bond motifs is 1. The zero-order chi connectivity index (χ0) is 16.9. The van der Waals surface area contributed by atoms with Crippen molar-refractivity contribution in [3.05, 3.63) is 59.1 Å². The molecule has 5 nitrogen and oxygen atoms in total. The molecule has 0 saturated heterocycles. The number of aromatic nitrogens is 1. The van der Waals surface area contributed by atoms with Gasteiger partial charge in [-0.05, 0) is 31.2 Å². The first-order chi connectivity index (χ1) is 11.6. The summed E-state index contributed by atoms with van der Waals surface area (Å²) in [5.74, 6) is -0.0824. The van der Waals surface area contributed by atoms with E-state index in [9.17, 15) is 9.59 Å². The number of hydrogen-bond acceptors (Lipinski definition) is 6. The Balaban J connectivity index is 1.52. The molecule has 0 spiro atoms. The molecule has 0 fully saturated rings. The second kappa shape index (κ2) is 7.23. The average molecular weight is 341 g/mol. The lowest BCUT2D eigenvalue weighted by Gasteiger charge is -2.07. The maximum absolute atomic E-state index is 11.8. The summed E-state index contributed by atoms with van der Waals surface area (Å²) >= 11 is 1.49. The van der Waals surface area contributed by atoms with E-state index < -0.39 is 5.97 Å². The molecule has 0 saturated carbocycles. The minimum absolute atomic E-state index is 0.0566. The van der Waals surface area contributed by atoms with Crippen molar-refractivity contribution >= 4 is 33.3 Å². The van der Waals surface area contributed by atoms with Gasteiger partial charge >= 0.3 is 5.97 Å². The molecule has 0 radical (unpaired) electrons. The van der Waals surface area contributed by atoms with E-state index in [0.29, 0.717) is 11.3 Å². The van der Waals surface area contributed by atoms with Crippen LogP contribution in [0.25, 0.3) is 10.2 Å². The van der Waals surface area contributed by atoms with E-state index in [2.05, 4.69) is 4.98 Å². The fraction of sp³-hybridized carbons (Fsp3) is 0.167. The first kappa shape index (κ1) is 16.1. The van der Waals surface area contributed by atoms with Crippen molar-refractivity contribution in [3.63, 3.8) is 0 Å². The van der Waals surface area contributed by atoms with Gasteiger partial charge in [-0.2, -0.15) is 0 Å². The minimum atomic E-state index is -0.484. The van der Waals surface area contributed by atoms with Crippen LogP contribution < -0.4 is 4.74 Å². The average Bonchev–Trinajstić information content (AvgIpc) is 3.01. The van der Waals surface area contributed by atoms with Crippen molar-refractivity contribution in [2.75, 3.05) is 6.61 Å². The van der Waals surface area contributed by atoms with Crippen LogP contribution in [0.3, 0.4) is 0 Å². The molecule has 0 aliphatic rings. The molecule has 0 aliphatic carbocycles. The third kappa shape index (κ3) is 3.97. The summed E-state index contributed by atoms with van der Waals surface area (Å²) < 4.78 is 11.6. The summed E-state index contributed by atoms with van der Waals surface area (Å²) in [6.45, 7) is 1.38. The fourth-order valence-electron chi connectivity index (χ4n) is 2.11. The van der Waals surface area contributed by atoms with E-state index in [0.717, 1.165) is 15.2 Å². The highest BCUT2D eigenvalue weighted by Crippen LogP contribution is 2.22.